The first-order valence-corrected chi connectivity index (χ1v) is 11.1. The van der Waals surface area contributed by atoms with Gasteiger partial charge in [0.05, 0.1) is 5.41 Å². The molecule has 1 aromatic heterocycles. The first-order chi connectivity index (χ1) is 13.5. The summed E-state index contributed by atoms with van der Waals surface area (Å²) in [4.78, 5) is 31.0. The van der Waals surface area contributed by atoms with Crippen molar-refractivity contribution in [1.82, 2.24) is 9.80 Å². The molecule has 0 N–H and O–H groups in total. The van der Waals surface area contributed by atoms with Crippen LogP contribution in [0.3, 0.4) is 0 Å². The average molecular weight is 399 g/mol. The van der Waals surface area contributed by atoms with Gasteiger partial charge in [-0.25, -0.2) is 0 Å². The lowest BCUT2D eigenvalue weighted by atomic mass is 9.78. The molecule has 1 aliphatic heterocycles. The normalized spacial score (nSPS) is 19.0. The minimum atomic E-state index is -0.537. The van der Waals surface area contributed by atoms with Gasteiger partial charge in [0.25, 0.3) is 0 Å². The highest BCUT2D eigenvalue weighted by Crippen LogP contribution is 2.39. The smallest absolute Gasteiger partial charge is 0.230 e. The van der Waals surface area contributed by atoms with Crippen molar-refractivity contribution in [3.63, 3.8) is 0 Å². The lowest BCUT2D eigenvalue weighted by Crippen LogP contribution is -2.47. The second-order valence-corrected chi connectivity index (χ2v) is 8.44. The summed E-state index contributed by atoms with van der Waals surface area (Å²) in [6, 6.07) is 12.6. The van der Waals surface area contributed by atoms with Crippen LogP contribution in [0.4, 0.5) is 0 Å². The number of nitrogens with zero attached hydrogens (tertiary/aromatic N) is 2. The van der Waals surface area contributed by atoms with Crippen LogP contribution >= 0.6 is 11.3 Å². The van der Waals surface area contributed by atoms with E-state index in [1.165, 1.54) is 16.0 Å². The Labute approximate surface area is 172 Å². The molecule has 3 rings (SSSR count). The second-order valence-electron chi connectivity index (χ2n) is 7.49. The molecule has 2 heterocycles. The van der Waals surface area contributed by atoms with Gasteiger partial charge < -0.3 is 9.80 Å². The van der Waals surface area contributed by atoms with Gasteiger partial charge in [0.2, 0.25) is 11.8 Å². The van der Waals surface area contributed by atoms with Gasteiger partial charge in [-0.1, -0.05) is 37.3 Å². The van der Waals surface area contributed by atoms with E-state index in [9.17, 15) is 9.59 Å². The molecule has 150 valence electrons. The van der Waals surface area contributed by atoms with Gasteiger partial charge in [-0.05, 0) is 49.3 Å². The number of amides is 2. The molecule has 0 bridgehead atoms. The molecule has 5 heteroatoms. The van der Waals surface area contributed by atoms with E-state index in [0.29, 0.717) is 39.0 Å². The number of hydrogen-bond donors (Lipinski definition) is 0. The quantitative estimate of drug-likeness (QED) is 0.691. The first kappa shape index (κ1) is 20.6. The molecule has 1 saturated heterocycles. The molecule has 2 aromatic rings. The van der Waals surface area contributed by atoms with E-state index in [0.717, 1.165) is 6.42 Å². The van der Waals surface area contributed by atoms with Crippen molar-refractivity contribution < 1.29 is 9.59 Å². The van der Waals surface area contributed by atoms with Crippen molar-refractivity contribution in [2.75, 3.05) is 26.2 Å². The second kappa shape index (κ2) is 8.91. The van der Waals surface area contributed by atoms with Crippen LogP contribution in [-0.2, 0) is 16.0 Å². The van der Waals surface area contributed by atoms with Gasteiger partial charge in [0.15, 0.2) is 0 Å². The molecule has 1 atom stereocenters. The Hall–Kier alpha value is -2.14. The Balaban J connectivity index is 1.98. The average Bonchev–Trinajstić information content (AvgIpc) is 3.40. The van der Waals surface area contributed by atoms with Gasteiger partial charge in [0.1, 0.15) is 0 Å². The molecule has 4 nitrogen and oxygen atoms in total. The summed E-state index contributed by atoms with van der Waals surface area (Å²) >= 11 is 1.72. The predicted octanol–water partition coefficient (Wildman–Crippen LogP) is 4.45. The Morgan fingerprint density at radius 1 is 1.11 bits per heavy atom. The van der Waals surface area contributed by atoms with E-state index in [4.69, 9.17) is 0 Å². The lowest BCUT2D eigenvalue weighted by Gasteiger charge is -2.34. The molecule has 0 radical (unpaired) electrons. The number of rotatable bonds is 7. The van der Waals surface area contributed by atoms with Crippen molar-refractivity contribution in [2.45, 2.75) is 40.0 Å². The molecule has 0 aliphatic carbocycles. The van der Waals surface area contributed by atoms with E-state index < -0.39 is 5.41 Å². The zero-order chi connectivity index (χ0) is 20.1. The number of benzene rings is 1. The minimum Gasteiger partial charge on any atom is -0.343 e. The fraction of sp³-hybridized carbons (Fsp3) is 0.478. The van der Waals surface area contributed by atoms with Crippen LogP contribution < -0.4 is 0 Å². The molecule has 1 fully saturated rings. The predicted molar refractivity (Wildman–Crippen MR) is 115 cm³/mol. The minimum absolute atomic E-state index is 0.140. The molecule has 0 spiro atoms. The van der Waals surface area contributed by atoms with Gasteiger partial charge in [-0.3, -0.25) is 9.59 Å². The van der Waals surface area contributed by atoms with Gasteiger partial charge in [-0.15, -0.1) is 11.3 Å². The molecule has 0 saturated carbocycles. The molecule has 1 unspecified atom stereocenters. The van der Waals surface area contributed by atoms with Crippen LogP contribution in [0.25, 0.3) is 10.4 Å². The fourth-order valence-electron chi connectivity index (χ4n) is 4.26. The molecular formula is C23H30N2O2S. The number of hydrogen-bond acceptors (Lipinski definition) is 3. The summed E-state index contributed by atoms with van der Waals surface area (Å²) in [7, 11) is 0. The highest BCUT2D eigenvalue weighted by Gasteiger charge is 2.47. The summed E-state index contributed by atoms with van der Waals surface area (Å²) in [5, 5.41) is 2.08. The third-order valence-electron chi connectivity index (χ3n) is 5.85. The monoisotopic (exact) mass is 398 g/mol. The highest BCUT2D eigenvalue weighted by atomic mass is 32.1. The summed E-state index contributed by atoms with van der Waals surface area (Å²) in [6.45, 7) is 8.53. The maximum atomic E-state index is 13.6. The van der Waals surface area contributed by atoms with E-state index >= 15 is 0 Å². The Kier molecular flexibility index (Phi) is 6.55. The number of carbonyl (C=O) groups excluding carboxylic acids is 2. The summed E-state index contributed by atoms with van der Waals surface area (Å²) in [5.41, 5.74) is 1.85. The van der Waals surface area contributed by atoms with Crippen molar-refractivity contribution >= 4 is 23.2 Å². The van der Waals surface area contributed by atoms with Crippen molar-refractivity contribution in [1.29, 1.82) is 0 Å². The molecular weight excluding hydrogens is 368 g/mol. The molecule has 1 aromatic carbocycles. The van der Waals surface area contributed by atoms with Crippen LogP contribution in [0.15, 0.2) is 41.8 Å². The van der Waals surface area contributed by atoms with Crippen LogP contribution in [0, 0.1) is 5.41 Å². The summed E-state index contributed by atoms with van der Waals surface area (Å²) < 4.78 is 0. The fourth-order valence-corrected chi connectivity index (χ4v) is 5.05. The Morgan fingerprint density at radius 3 is 2.50 bits per heavy atom. The number of thiophene rings is 1. The summed E-state index contributed by atoms with van der Waals surface area (Å²) in [6.07, 6.45) is 1.89. The highest BCUT2D eigenvalue weighted by molar-refractivity contribution is 7.13. The van der Waals surface area contributed by atoms with E-state index in [2.05, 4.69) is 35.7 Å². The number of carbonyl (C=O) groups is 2. The van der Waals surface area contributed by atoms with Crippen LogP contribution in [0.1, 0.15) is 39.2 Å². The zero-order valence-corrected chi connectivity index (χ0v) is 17.9. The molecule has 2 amide bonds. The van der Waals surface area contributed by atoms with E-state index in [-0.39, 0.29) is 11.8 Å². The Bertz CT molecular complexity index is 814. The van der Waals surface area contributed by atoms with Crippen molar-refractivity contribution in [2.24, 2.45) is 5.41 Å². The van der Waals surface area contributed by atoms with Gasteiger partial charge in [-0.2, -0.15) is 0 Å². The third-order valence-corrected chi connectivity index (χ3v) is 6.75. The van der Waals surface area contributed by atoms with E-state index in [1.54, 1.807) is 11.3 Å². The maximum Gasteiger partial charge on any atom is 0.230 e. The summed E-state index contributed by atoms with van der Waals surface area (Å²) in [5.74, 6) is 0.325. The SMILES string of the molecule is CCC(=O)N1CCC(Cc2ccccc2-c2cccs2)(C(=O)N(CC)CC)C1. The first-order valence-electron chi connectivity index (χ1n) is 10.2. The molecule has 28 heavy (non-hydrogen) atoms. The number of likely N-dealkylation sites (tertiary alicyclic amines) is 1. The molecule has 1 aliphatic rings. The van der Waals surface area contributed by atoms with Gasteiger partial charge >= 0.3 is 0 Å². The topological polar surface area (TPSA) is 40.6 Å². The van der Waals surface area contributed by atoms with Gasteiger partial charge in [0, 0.05) is 37.5 Å². The maximum absolute atomic E-state index is 13.6. The van der Waals surface area contributed by atoms with Crippen molar-refractivity contribution in [3.05, 3.63) is 47.3 Å². The third kappa shape index (κ3) is 4.00. The van der Waals surface area contributed by atoms with Crippen LogP contribution in [0.2, 0.25) is 0 Å². The van der Waals surface area contributed by atoms with Crippen molar-refractivity contribution in [3.8, 4) is 10.4 Å². The lowest BCUT2D eigenvalue weighted by molar-refractivity contribution is -0.141. The van der Waals surface area contributed by atoms with Crippen LogP contribution in [0.5, 0.6) is 0 Å². The van der Waals surface area contributed by atoms with Crippen LogP contribution in [-0.4, -0.2) is 47.8 Å². The largest absolute Gasteiger partial charge is 0.343 e. The zero-order valence-electron chi connectivity index (χ0n) is 17.1. The Morgan fingerprint density at radius 2 is 1.86 bits per heavy atom. The van der Waals surface area contributed by atoms with E-state index in [1.807, 2.05) is 36.6 Å². The standard InChI is InChI=1S/C23H30N2O2S/c1-4-21(26)25-14-13-23(17-25,22(27)24(5-2)6-3)16-18-10-7-8-11-19(18)20-12-9-15-28-20/h7-12,15H,4-6,13-14,16-17H2,1-3H3.